The van der Waals surface area contributed by atoms with Crippen molar-refractivity contribution in [3.63, 3.8) is 0 Å². The van der Waals surface area contributed by atoms with E-state index in [2.05, 4.69) is 0 Å². The van der Waals surface area contributed by atoms with E-state index >= 15 is 0 Å². The van der Waals surface area contributed by atoms with E-state index in [4.69, 9.17) is 18.9 Å². The van der Waals surface area contributed by atoms with Gasteiger partial charge in [-0.1, -0.05) is 18.2 Å². The summed E-state index contributed by atoms with van der Waals surface area (Å²) in [4.78, 5) is 24.2. The molecule has 1 aliphatic heterocycles. The molecule has 1 heterocycles. The Bertz CT molecular complexity index is 626. The summed E-state index contributed by atoms with van der Waals surface area (Å²) in [7, 11) is 0. The molecule has 6 heteroatoms. The average Bonchev–Trinajstić information content (AvgIpc) is 3.03. The first-order chi connectivity index (χ1) is 11.9. The minimum absolute atomic E-state index is 0.0978. The molecule has 0 radical (unpaired) electrons. The maximum absolute atomic E-state index is 12.4. The molecule has 136 valence electrons. The van der Waals surface area contributed by atoms with Crippen LogP contribution in [0.2, 0.25) is 0 Å². The molecule has 25 heavy (non-hydrogen) atoms. The van der Waals surface area contributed by atoms with Gasteiger partial charge in [0.15, 0.2) is 5.79 Å². The number of fused-ring (bicyclic) bond motifs is 1. The van der Waals surface area contributed by atoms with Gasteiger partial charge in [0.05, 0.1) is 24.7 Å². The van der Waals surface area contributed by atoms with Gasteiger partial charge in [-0.15, -0.1) is 0 Å². The lowest BCUT2D eigenvalue weighted by atomic mass is 10.0. The number of rotatable bonds is 5. The fourth-order valence-electron chi connectivity index (χ4n) is 3.56. The van der Waals surface area contributed by atoms with E-state index in [0.29, 0.717) is 18.6 Å². The molecule has 6 nitrogen and oxygen atoms in total. The van der Waals surface area contributed by atoms with Crippen LogP contribution in [0.1, 0.15) is 44.0 Å². The molecule has 0 unspecified atom stereocenters. The minimum Gasteiger partial charge on any atom is -0.466 e. The molecular weight excluding hydrogens is 324 g/mol. The van der Waals surface area contributed by atoms with E-state index in [0.717, 1.165) is 0 Å². The van der Waals surface area contributed by atoms with Crippen molar-refractivity contribution in [3.05, 3.63) is 35.9 Å². The first kappa shape index (κ1) is 17.9. The van der Waals surface area contributed by atoms with Gasteiger partial charge in [0.2, 0.25) is 0 Å². The van der Waals surface area contributed by atoms with E-state index in [1.807, 2.05) is 19.9 Å². The molecule has 1 saturated carbocycles. The normalized spacial score (nSPS) is 29.9. The number of carbonyl (C=O) groups is 2. The predicted octanol–water partition coefficient (Wildman–Crippen LogP) is 2.71. The first-order valence-electron chi connectivity index (χ1n) is 8.67. The van der Waals surface area contributed by atoms with Crippen molar-refractivity contribution in [2.24, 2.45) is 5.92 Å². The molecule has 1 saturated heterocycles. The van der Waals surface area contributed by atoms with Crippen molar-refractivity contribution in [2.75, 3.05) is 6.61 Å². The maximum atomic E-state index is 12.4. The molecule has 0 aromatic heterocycles. The SMILES string of the molecule is CCOC(=O)C[C@@H]1C[C@@H](OC(=O)c2ccccc2)[C@H]2OC(C)(C)O[C@@H]12. The Morgan fingerprint density at radius 3 is 2.52 bits per heavy atom. The van der Waals surface area contributed by atoms with Gasteiger partial charge in [-0.05, 0) is 39.3 Å². The minimum atomic E-state index is -0.764. The molecule has 0 amide bonds. The van der Waals surface area contributed by atoms with Crippen LogP contribution in [-0.4, -0.2) is 42.6 Å². The summed E-state index contributed by atoms with van der Waals surface area (Å²) < 4.78 is 22.6. The quantitative estimate of drug-likeness (QED) is 0.762. The average molecular weight is 348 g/mol. The van der Waals surface area contributed by atoms with Gasteiger partial charge in [-0.2, -0.15) is 0 Å². The summed E-state index contributed by atoms with van der Waals surface area (Å²) in [5.74, 6) is -1.52. The fraction of sp³-hybridized carbons (Fsp3) is 0.579. The van der Waals surface area contributed by atoms with Crippen LogP contribution in [0.4, 0.5) is 0 Å². The van der Waals surface area contributed by atoms with Crippen LogP contribution < -0.4 is 0 Å². The van der Waals surface area contributed by atoms with Gasteiger partial charge < -0.3 is 18.9 Å². The Balaban J connectivity index is 1.71. The first-order valence-corrected chi connectivity index (χ1v) is 8.67. The molecule has 1 aromatic carbocycles. The van der Waals surface area contributed by atoms with E-state index in [9.17, 15) is 9.59 Å². The molecular formula is C19H24O6. The van der Waals surface area contributed by atoms with Gasteiger partial charge in [-0.25, -0.2) is 4.79 Å². The lowest BCUT2D eigenvalue weighted by Crippen LogP contribution is -2.32. The zero-order chi connectivity index (χ0) is 18.0. The number of hydrogen-bond donors (Lipinski definition) is 0. The predicted molar refractivity (Wildman–Crippen MR) is 88.8 cm³/mol. The summed E-state index contributed by atoms with van der Waals surface area (Å²) in [6, 6.07) is 8.83. The zero-order valence-corrected chi connectivity index (χ0v) is 14.8. The summed E-state index contributed by atoms with van der Waals surface area (Å²) in [5.41, 5.74) is 0.492. The highest BCUT2D eigenvalue weighted by atomic mass is 16.8. The number of benzene rings is 1. The lowest BCUT2D eigenvalue weighted by Gasteiger charge is -2.23. The van der Waals surface area contributed by atoms with Crippen LogP contribution in [0.15, 0.2) is 30.3 Å². The van der Waals surface area contributed by atoms with E-state index in [1.54, 1.807) is 31.2 Å². The lowest BCUT2D eigenvalue weighted by molar-refractivity contribution is -0.169. The smallest absolute Gasteiger partial charge is 0.338 e. The fourth-order valence-corrected chi connectivity index (χ4v) is 3.56. The van der Waals surface area contributed by atoms with Crippen molar-refractivity contribution in [1.29, 1.82) is 0 Å². The summed E-state index contributed by atoms with van der Waals surface area (Å²) in [6.07, 6.45) is -0.356. The van der Waals surface area contributed by atoms with Crippen molar-refractivity contribution < 1.29 is 28.5 Å². The van der Waals surface area contributed by atoms with E-state index < -0.39 is 17.9 Å². The van der Waals surface area contributed by atoms with Crippen LogP contribution in [0.5, 0.6) is 0 Å². The number of carbonyl (C=O) groups excluding carboxylic acids is 2. The molecule has 3 rings (SSSR count). The molecule has 1 aliphatic carbocycles. The van der Waals surface area contributed by atoms with Crippen LogP contribution >= 0.6 is 0 Å². The monoisotopic (exact) mass is 348 g/mol. The second-order valence-electron chi connectivity index (χ2n) is 6.88. The second-order valence-corrected chi connectivity index (χ2v) is 6.88. The van der Waals surface area contributed by atoms with Crippen LogP contribution in [-0.2, 0) is 23.7 Å². The van der Waals surface area contributed by atoms with E-state index in [1.165, 1.54) is 0 Å². The third-order valence-corrected chi connectivity index (χ3v) is 4.53. The van der Waals surface area contributed by atoms with Crippen molar-refractivity contribution in [2.45, 2.75) is 57.7 Å². The Hall–Kier alpha value is -1.92. The molecule has 0 N–H and O–H groups in total. The maximum Gasteiger partial charge on any atom is 0.338 e. The Morgan fingerprint density at radius 1 is 1.16 bits per heavy atom. The molecule has 1 aromatic rings. The van der Waals surface area contributed by atoms with Crippen molar-refractivity contribution >= 4 is 11.9 Å². The third-order valence-electron chi connectivity index (χ3n) is 4.53. The highest BCUT2D eigenvalue weighted by molar-refractivity contribution is 5.89. The Labute approximate surface area is 147 Å². The van der Waals surface area contributed by atoms with Gasteiger partial charge in [0.1, 0.15) is 12.2 Å². The number of esters is 2. The Kier molecular flexibility index (Phi) is 5.11. The van der Waals surface area contributed by atoms with Crippen LogP contribution in [0, 0.1) is 5.92 Å². The molecule has 2 aliphatic rings. The largest absolute Gasteiger partial charge is 0.466 e. The van der Waals surface area contributed by atoms with Gasteiger partial charge >= 0.3 is 11.9 Å². The second kappa shape index (κ2) is 7.14. The third kappa shape index (κ3) is 4.02. The summed E-state index contributed by atoms with van der Waals surface area (Å²) >= 11 is 0. The van der Waals surface area contributed by atoms with Gasteiger partial charge in [0.25, 0.3) is 0 Å². The summed E-state index contributed by atoms with van der Waals surface area (Å²) in [5, 5.41) is 0. The standard InChI is InChI=1S/C19H24O6/c1-4-22-15(20)11-13-10-14(17-16(13)24-19(2,3)25-17)23-18(21)12-8-6-5-7-9-12/h5-9,13-14,16-17H,4,10-11H2,1-3H3/t13-,14+,16-,17+/m0/s1. The highest BCUT2D eigenvalue weighted by Crippen LogP contribution is 2.44. The van der Waals surface area contributed by atoms with Gasteiger partial charge in [0, 0.05) is 5.92 Å². The van der Waals surface area contributed by atoms with Gasteiger partial charge in [-0.3, -0.25) is 4.79 Å². The summed E-state index contributed by atoms with van der Waals surface area (Å²) in [6.45, 7) is 5.76. The zero-order valence-electron chi connectivity index (χ0n) is 14.8. The van der Waals surface area contributed by atoms with Crippen LogP contribution in [0.25, 0.3) is 0 Å². The number of hydrogen-bond acceptors (Lipinski definition) is 6. The number of ether oxygens (including phenoxy) is 4. The molecule has 0 bridgehead atoms. The van der Waals surface area contributed by atoms with Crippen molar-refractivity contribution in [1.82, 2.24) is 0 Å². The topological polar surface area (TPSA) is 71.1 Å². The van der Waals surface area contributed by atoms with Crippen molar-refractivity contribution in [3.8, 4) is 0 Å². The molecule has 4 atom stereocenters. The molecule has 0 spiro atoms. The Morgan fingerprint density at radius 2 is 1.84 bits per heavy atom. The van der Waals surface area contributed by atoms with E-state index in [-0.39, 0.29) is 30.5 Å². The van der Waals surface area contributed by atoms with Crippen LogP contribution in [0.3, 0.4) is 0 Å². The highest BCUT2D eigenvalue weighted by Gasteiger charge is 2.55. The molecule has 2 fully saturated rings.